The largest absolute Gasteiger partial charge is 0.298 e. The Kier molecular flexibility index (Phi) is 2.86. The van der Waals surface area contributed by atoms with Gasteiger partial charge in [0.25, 0.3) is 0 Å². The van der Waals surface area contributed by atoms with E-state index in [-0.39, 0.29) is 0 Å². The standard InChI is InChI=1S/C22H13N3/c23-13-15-9-11-16(12-10-15)19-14-25-21-8-4-3-7-20(21)24-22(25)18-6-2-1-5-17(18)19/h1-12,14H. The third kappa shape index (κ3) is 2.02. The molecular formula is C22H13N3. The molecule has 3 aromatic carbocycles. The lowest BCUT2D eigenvalue weighted by atomic mass is 10.00. The van der Waals surface area contributed by atoms with Gasteiger partial charge in [-0.1, -0.05) is 48.5 Å². The number of nitriles is 1. The Labute approximate surface area is 144 Å². The number of hydrogen-bond donors (Lipinski definition) is 0. The van der Waals surface area contributed by atoms with E-state index in [0.29, 0.717) is 5.56 Å². The molecule has 0 atom stereocenters. The molecule has 0 bridgehead atoms. The molecule has 0 saturated heterocycles. The molecule has 0 N–H and O–H groups in total. The van der Waals surface area contributed by atoms with E-state index < -0.39 is 0 Å². The fraction of sp³-hybridized carbons (Fsp3) is 0. The van der Waals surface area contributed by atoms with Crippen LogP contribution in [0.3, 0.4) is 0 Å². The second-order valence-corrected chi connectivity index (χ2v) is 6.07. The van der Waals surface area contributed by atoms with Crippen LogP contribution in [0, 0.1) is 11.3 Å². The highest BCUT2D eigenvalue weighted by molar-refractivity contribution is 6.05. The van der Waals surface area contributed by atoms with Crippen molar-refractivity contribution in [2.45, 2.75) is 0 Å². The first kappa shape index (κ1) is 13.8. The quantitative estimate of drug-likeness (QED) is 0.427. The Balaban J connectivity index is 1.93. The normalized spacial score (nSPS) is 11.2. The molecule has 3 heteroatoms. The monoisotopic (exact) mass is 319 g/mol. The predicted molar refractivity (Wildman–Crippen MR) is 100 cm³/mol. The van der Waals surface area contributed by atoms with Crippen molar-refractivity contribution in [3.05, 3.63) is 84.6 Å². The molecular weight excluding hydrogens is 306 g/mol. The van der Waals surface area contributed by atoms with Crippen LogP contribution in [-0.2, 0) is 0 Å². The van der Waals surface area contributed by atoms with Gasteiger partial charge in [-0.05, 0) is 35.2 Å². The van der Waals surface area contributed by atoms with Crippen molar-refractivity contribution in [2.24, 2.45) is 0 Å². The van der Waals surface area contributed by atoms with E-state index in [2.05, 4.69) is 40.9 Å². The summed E-state index contributed by atoms with van der Waals surface area (Å²) in [4.78, 5) is 4.83. The number of rotatable bonds is 1. The fourth-order valence-corrected chi connectivity index (χ4v) is 3.43. The summed E-state index contributed by atoms with van der Waals surface area (Å²) in [6, 6.07) is 26.4. The molecule has 0 amide bonds. The van der Waals surface area contributed by atoms with Crippen molar-refractivity contribution < 1.29 is 0 Å². The second-order valence-electron chi connectivity index (χ2n) is 6.07. The third-order valence-corrected chi connectivity index (χ3v) is 4.64. The van der Waals surface area contributed by atoms with E-state index in [0.717, 1.165) is 38.6 Å². The molecule has 5 aromatic rings. The minimum Gasteiger partial charge on any atom is -0.298 e. The van der Waals surface area contributed by atoms with Gasteiger partial charge in [-0.2, -0.15) is 5.26 Å². The van der Waals surface area contributed by atoms with E-state index in [9.17, 15) is 0 Å². The molecule has 25 heavy (non-hydrogen) atoms. The van der Waals surface area contributed by atoms with Crippen molar-refractivity contribution in [1.29, 1.82) is 5.26 Å². The lowest BCUT2D eigenvalue weighted by Gasteiger charge is -2.09. The van der Waals surface area contributed by atoms with Crippen molar-refractivity contribution in [3.8, 4) is 17.2 Å². The average Bonchev–Trinajstić information content (AvgIpc) is 3.06. The lowest BCUT2D eigenvalue weighted by Crippen LogP contribution is -1.91. The van der Waals surface area contributed by atoms with Crippen molar-refractivity contribution in [2.75, 3.05) is 0 Å². The maximum atomic E-state index is 9.04. The molecule has 3 nitrogen and oxygen atoms in total. The van der Waals surface area contributed by atoms with E-state index >= 15 is 0 Å². The number of benzene rings is 3. The SMILES string of the molecule is N#Cc1ccc(-c2cn3c4ccccc4nc3c3ccccc23)cc1. The van der Waals surface area contributed by atoms with Crippen LogP contribution in [0.1, 0.15) is 5.56 Å². The molecule has 0 unspecified atom stereocenters. The Hall–Kier alpha value is -3.64. The van der Waals surface area contributed by atoms with Gasteiger partial charge in [-0.15, -0.1) is 0 Å². The molecule has 0 radical (unpaired) electrons. The maximum absolute atomic E-state index is 9.04. The molecule has 2 aromatic heterocycles. The highest BCUT2D eigenvalue weighted by Crippen LogP contribution is 2.33. The molecule has 116 valence electrons. The summed E-state index contributed by atoms with van der Waals surface area (Å²) >= 11 is 0. The molecule has 0 aliphatic carbocycles. The van der Waals surface area contributed by atoms with Crippen molar-refractivity contribution in [1.82, 2.24) is 9.38 Å². The van der Waals surface area contributed by atoms with Crippen LogP contribution >= 0.6 is 0 Å². The summed E-state index contributed by atoms with van der Waals surface area (Å²) < 4.78 is 2.16. The van der Waals surface area contributed by atoms with Gasteiger partial charge in [0.05, 0.1) is 22.7 Å². The van der Waals surface area contributed by atoms with Gasteiger partial charge in [0.1, 0.15) is 5.65 Å². The lowest BCUT2D eigenvalue weighted by molar-refractivity contribution is 1.25. The zero-order chi connectivity index (χ0) is 16.8. The van der Waals surface area contributed by atoms with Crippen LogP contribution < -0.4 is 0 Å². The number of pyridine rings is 1. The van der Waals surface area contributed by atoms with Gasteiger partial charge in [0.2, 0.25) is 0 Å². The van der Waals surface area contributed by atoms with Crippen molar-refractivity contribution >= 4 is 27.5 Å². The minimum absolute atomic E-state index is 0.669. The van der Waals surface area contributed by atoms with Crippen LogP contribution in [0.5, 0.6) is 0 Å². The van der Waals surface area contributed by atoms with Gasteiger partial charge >= 0.3 is 0 Å². The van der Waals surface area contributed by atoms with Crippen LogP contribution in [0.15, 0.2) is 79.0 Å². The smallest absolute Gasteiger partial charge is 0.145 e. The minimum atomic E-state index is 0.669. The van der Waals surface area contributed by atoms with Crippen LogP contribution in [0.2, 0.25) is 0 Å². The zero-order valence-electron chi connectivity index (χ0n) is 13.3. The Bertz CT molecular complexity index is 1290. The molecule has 0 spiro atoms. The summed E-state index contributed by atoms with van der Waals surface area (Å²) in [5.41, 5.74) is 5.95. The van der Waals surface area contributed by atoms with E-state index in [1.807, 2.05) is 48.5 Å². The van der Waals surface area contributed by atoms with Crippen LogP contribution in [-0.4, -0.2) is 9.38 Å². The van der Waals surface area contributed by atoms with Gasteiger partial charge in [0, 0.05) is 17.1 Å². The molecule has 0 aliphatic rings. The average molecular weight is 319 g/mol. The second kappa shape index (κ2) is 5.19. The van der Waals surface area contributed by atoms with E-state index in [4.69, 9.17) is 10.2 Å². The summed E-state index contributed by atoms with van der Waals surface area (Å²) in [6.07, 6.45) is 2.15. The topological polar surface area (TPSA) is 41.1 Å². The number of imidazole rings is 1. The number of para-hydroxylation sites is 2. The molecule has 0 aliphatic heterocycles. The van der Waals surface area contributed by atoms with Crippen LogP contribution in [0.4, 0.5) is 0 Å². The van der Waals surface area contributed by atoms with Gasteiger partial charge < -0.3 is 0 Å². The first-order chi connectivity index (χ1) is 12.3. The maximum Gasteiger partial charge on any atom is 0.145 e. The van der Waals surface area contributed by atoms with E-state index in [1.165, 1.54) is 0 Å². The molecule has 5 rings (SSSR count). The zero-order valence-corrected chi connectivity index (χ0v) is 13.3. The number of nitrogens with zero attached hydrogens (tertiary/aromatic N) is 3. The van der Waals surface area contributed by atoms with Gasteiger partial charge in [-0.3, -0.25) is 4.40 Å². The molecule has 0 saturated carbocycles. The van der Waals surface area contributed by atoms with Gasteiger partial charge in [0.15, 0.2) is 0 Å². The highest BCUT2D eigenvalue weighted by Gasteiger charge is 2.12. The molecule has 0 fully saturated rings. The fourth-order valence-electron chi connectivity index (χ4n) is 3.43. The summed E-state index contributed by atoms with van der Waals surface area (Å²) in [5, 5.41) is 11.3. The van der Waals surface area contributed by atoms with Crippen molar-refractivity contribution in [3.63, 3.8) is 0 Å². The number of fused-ring (bicyclic) bond motifs is 5. The summed E-state index contributed by atoms with van der Waals surface area (Å²) in [5.74, 6) is 0. The predicted octanol–water partition coefficient (Wildman–Crippen LogP) is 5.18. The first-order valence-corrected chi connectivity index (χ1v) is 8.14. The number of aromatic nitrogens is 2. The van der Waals surface area contributed by atoms with Gasteiger partial charge in [-0.25, -0.2) is 4.98 Å². The summed E-state index contributed by atoms with van der Waals surface area (Å²) in [7, 11) is 0. The Morgan fingerprint density at radius 2 is 1.52 bits per heavy atom. The number of hydrogen-bond acceptors (Lipinski definition) is 2. The molecule has 2 heterocycles. The third-order valence-electron chi connectivity index (χ3n) is 4.64. The Morgan fingerprint density at radius 3 is 2.32 bits per heavy atom. The van der Waals surface area contributed by atoms with E-state index in [1.54, 1.807) is 0 Å². The Morgan fingerprint density at radius 1 is 0.800 bits per heavy atom. The van der Waals surface area contributed by atoms with Crippen LogP contribution in [0.25, 0.3) is 38.6 Å². The first-order valence-electron chi connectivity index (χ1n) is 8.14. The summed E-state index contributed by atoms with van der Waals surface area (Å²) in [6.45, 7) is 0. The highest BCUT2D eigenvalue weighted by atomic mass is 15.0.